The van der Waals surface area contributed by atoms with Crippen LogP contribution in [0.15, 0.2) is 64.2 Å². The molecule has 1 saturated heterocycles. The smallest absolute Gasteiger partial charge is 0.283 e. The lowest BCUT2D eigenvalue weighted by Crippen LogP contribution is -2.41. The van der Waals surface area contributed by atoms with Gasteiger partial charge < -0.3 is 15.0 Å². The van der Waals surface area contributed by atoms with E-state index in [1.54, 1.807) is 44.3 Å². The molecule has 0 spiro atoms. The molecule has 1 fully saturated rings. The molecule has 9 heteroatoms. The van der Waals surface area contributed by atoms with E-state index in [1.165, 1.54) is 6.34 Å². The highest BCUT2D eigenvalue weighted by molar-refractivity contribution is 7.90. The van der Waals surface area contributed by atoms with E-state index in [4.69, 9.17) is 4.74 Å². The van der Waals surface area contributed by atoms with Crippen LogP contribution in [0.1, 0.15) is 18.4 Å². The lowest BCUT2D eigenvalue weighted by Gasteiger charge is -2.34. The molecule has 180 valence electrons. The first-order valence-corrected chi connectivity index (χ1v) is 12.7. The number of methoxy groups -OCH3 is 1. The largest absolute Gasteiger partial charge is 0.496 e. The van der Waals surface area contributed by atoms with Crippen molar-refractivity contribution in [1.29, 1.82) is 0 Å². The first kappa shape index (κ1) is 24.0. The zero-order valence-corrected chi connectivity index (χ0v) is 20.6. The van der Waals surface area contributed by atoms with Gasteiger partial charge in [-0.15, -0.1) is 4.40 Å². The van der Waals surface area contributed by atoms with Crippen molar-refractivity contribution in [2.24, 2.45) is 4.40 Å². The Balaban J connectivity index is 1.48. The second kappa shape index (κ2) is 10.4. The molecule has 2 heterocycles. The number of ether oxygens (including phenoxy) is 1. The van der Waals surface area contributed by atoms with Gasteiger partial charge >= 0.3 is 0 Å². The molecule has 1 aliphatic heterocycles. The third-order valence-corrected chi connectivity index (χ3v) is 7.10. The number of nitrogens with zero attached hydrogens (tertiary/aromatic N) is 4. The molecular formula is C25H31N5O3S. The molecule has 0 saturated carbocycles. The molecule has 2 aromatic carbocycles. The minimum Gasteiger partial charge on any atom is -0.496 e. The predicted octanol–water partition coefficient (Wildman–Crippen LogP) is 3.60. The number of hydrogen-bond acceptors (Lipinski definition) is 6. The molecule has 8 nitrogen and oxygen atoms in total. The van der Waals surface area contributed by atoms with Gasteiger partial charge in [-0.05, 0) is 61.2 Å². The van der Waals surface area contributed by atoms with Crippen molar-refractivity contribution < 1.29 is 13.2 Å². The lowest BCUT2D eigenvalue weighted by molar-refractivity contribution is 0.206. The van der Waals surface area contributed by atoms with Gasteiger partial charge in [0.15, 0.2) is 0 Å². The Morgan fingerprint density at radius 2 is 2.06 bits per heavy atom. The average molecular weight is 482 g/mol. The van der Waals surface area contributed by atoms with Crippen LogP contribution in [0.5, 0.6) is 5.75 Å². The highest BCUT2D eigenvalue weighted by atomic mass is 32.2. The molecule has 3 aromatic rings. The fourth-order valence-corrected chi connectivity index (χ4v) is 5.19. The number of sulfonamides is 1. The molecule has 1 N–H and O–H groups in total. The van der Waals surface area contributed by atoms with Gasteiger partial charge in [0.2, 0.25) is 0 Å². The van der Waals surface area contributed by atoms with Gasteiger partial charge in [0.05, 0.1) is 12.0 Å². The van der Waals surface area contributed by atoms with Gasteiger partial charge in [-0.2, -0.15) is 8.42 Å². The van der Waals surface area contributed by atoms with Crippen molar-refractivity contribution in [2.75, 3.05) is 39.6 Å². The van der Waals surface area contributed by atoms with E-state index >= 15 is 0 Å². The second-order valence-electron chi connectivity index (χ2n) is 8.79. The maximum absolute atomic E-state index is 12.6. The summed E-state index contributed by atoms with van der Waals surface area (Å²) in [6.45, 7) is 2.40. The van der Waals surface area contributed by atoms with E-state index < -0.39 is 10.0 Å². The zero-order chi connectivity index (χ0) is 24.1. The number of likely N-dealkylation sites (tertiary alicyclic amines) is 1. The Kier molecular flexibility index (Phi) is 7.33. The summed E-state index contributed by atoms with van der Waals surface area (Å²) in [6.07, 6.45) is 7.11. The first-order valence-electron chi connectivity index (χ1n) is 11.3. The van der Waals surface area contributed by atoms with E-state index in [-0.39, 0.29) is 4.90 Å². The van der Waals surface area contributed by atoms with Crippen molar-refractivity contribution in [1.82, 2.24) is 14.8 Å². The number of aromatic nitrogens is 1. The average Bonchev–Trinajstić information content (AvgIpc) is 2.83. The maximum atomic E-state index is 12.6. The summed E-state index contributed by atoms with van der Waals surface area (Å²) in [5.74, 6) is 0.675. The quantitative estimate of drug-likeness (QED) is 0.389. The number of benzene rings is 2. The van der Waals surface area contributed by atoms with E-state index in [9.17, 15) is 8.42 Å². The van der Waals surface area contributed by atoms with Gasteiger partial charge in [0, 0.05) is 62.3 Å². The Bertz CT molecular complexity index is 1280. The number of hydrogen-bond donors (Lipinski definition) is 1. The van der Waals surface area contributed by atoms with Gasteiger partial charge in [-0.3, -0.25) is 9.88 Å². The van der Waals surface area contributed by atoms with Gasteiger partial charge in [-0.25, -0.2) is 0 Å². The van der Waals surface area contributed by atoms with Crippen molar-refractivity contribution in [2.45, 2.75) is 30.3 Å². The summed E-state index contributed by atoms with van der Waals surface area (Å²) < 4.78 is 34.6. The van der Waals surface area contributed by atoms with Crippen LogP contribution in [0.25, 0.3) is 10.8 Å². The predicted molar refractivity (Wildman–Crippen MR) is 136 cm³/mol. The topological polar surface area (TPSA) is 87.1 Å². The highest BCUT2D eigenvalue weighted by Gasteiger charge is 2.22. The third kappa shape index (κ3) is 5.84. The summed E-state index contributed by atoms with van der Waals surface area (Å²) in [7, 11) is 1.29. The molecule has 34 heavy (non-hydrogen) atoms. The van der Waals surface area contributed by atoms with E-state index in [2.05, 4.69) is 37.8 Å². The van der Waals surface area contributed by atoms with Gasteiger partial charge in [0.25, 0.3) is 10.0 Å². The zero-order valence-electron chi connectivity index (χ0n) is 19.8. The fourth-order valence-electron chi connectivity index (χ4n) is 4.22. The molecular weight excluding hydrogens is 450 g/mol. The van der Waals surface area contributed by atoms with Crippen LogP contribution >= 0.6 is 0 Å². The van der Waals surface area contributed by atoms with Crippen LogP contribution in [0.4, 0.5) is 5.69 Å². The highest BCUT2D eigenvalue weighted by Crippen LogP contribution is 2.27. The lowest BCUT2D eigenvalue weighted by atomic mass is 10.0. The van der Waals surface area contributed by atoms with Crippen LogP contribution in [0.2, 0.25) is 0 Å². The fraction of sp³-hybridized carbons (Fsp3) is 0.360. The Hall–Kier alpha value is -3.17. The van der Waals surface area contributed by atoms with Crippen LogP contribution < -0.4 is 10.1 Å². The van der Waals surface area contributed by atoms with E-state index in [0.717, 1.165) is 48.0 Å². The van der Waals surface area contributed by atoms with Gasteiger partial charge in [-0.1, -0.05) is 6.07 Å². The molecule has 0 bridgehead atoms. The summed E-state index contributed by atoms with van der Waals surface area (Å²) in [5.41, 5.74) is 1.93. The Labute approximate surface area is 201 Å². The molecule has 1 atom stereocenters. The third-order valence-electron chi connectivity index (χ3n) is 5.88. The normalized spacial score (nSPS) is 17.2. The number of piperidine rings is 1. The van der Waals surface area contributed by atoms with Crippen molar-refractivity contribution >= 4 is 32.8 Å². The molecule has 0 unspecified atom stereocenters. The van der Waals surface area contributed by atoms with Crippen molar-refractivity contribution in [3.8, 4) is 5.75 Å². The molecule has 1 aliphatic rings. The summed E-state index contributed by atoms with van der Waals surface area (Å²) in [5, 5.41) is 5.95. The molecule has 0 aliphatic carbocycles. The van der Waals surface area contributed by atoms with Crippen molar-refractivity contribution in [3.05, 3.63) is 60.4 Å². The SMILES string of the molecule is COc1ccc(S(=O)(=O)N=CN(C)C)cc1CN1CCC[C@@H](Nc2ccc3cnccc3c2)C1. The molecule has 0 radical (unpaired) electrons. The van der Waals surface area contributed by atoms with Crippen molar-refractivity contribution in [3.63, 3.8) is 0 Å². The van der Waals surface area contributed by atoms with E-state index in [1.807, 2.05) is 18.5 Å². The van der Waals surface area contributed by atoms with Crippen LogP contribution in [0.3, 0.4) is 0 Å². The summed E-state index contributed by atoms with van der Waals surface area (Å²) >= 11 is 0. The minimum atomic E-state index is -3.78. The number of nitrogens with one attached hydrogen (secondary N) is 1. The van der Waals surface area contributed by atoms with Crippen LogP contribution in [-0.2, 0) is 16.6 Å². The number of fused-ring (bicyclic) bond motifs is 1. The maximum Gasteiger partial charge on any atom is 0.283 e. The summed E-state index contributed by atoms with van der Waals surface area (Å²) in [4.78, 5) is 8.27. The second-order valence-corrected chi connectivity index (χ2v) is 10.4. The number of pyridine rings is 1. The first-order chi connectivity index (χ1) is 16.3. The van der Waals surface area contributed by atoms with Crippen LogP contribution in [-0.4, -0.2) is 69.9 Å². The summed E-state index contributed by atoms with van der Waals surface area (Å²) in [6, 6.07) is 13.6. The Morgan fingerprint density at radius 1 is 1.21 bits per heavy atom. The molecule has 1 aromatic heterocycles. The monoisotopic (exact) mass is 481 g/mol. The Morgan fingerprint density at radius 3 is 2.85 bits per heavy atom. The van der Waals surface area contributed by atoms with Crippen LogP contribution in [0, 0.1) is 0 Å². The van der Waals surface area contributed by atoms with E-state index in [0.29, 0.717) is 18.3 Å². The standard InChI is InChI=1S/C25H31N5O3S/c1-29(2)18-27-34(31,32)24-8-9-25(33-3)21(14-24)16-30-12-4-5-23(17-30)28-22-7-6-20-15-26-11-10-19(20)13-22/h6-11,13-15,18,23,28H,4-5,12,16-17H2,1-3H3/t23-/m1/s1. The molecule has 4 rings (SSSR count). The minimum absolute atomic E-state index is 0.165. The number of anilines is 1. The number of rotatable bonds is 8. The van der Waals surface area contributed by atoms with Gasteiger partial charge in [0.1, 0.15) is 12.1 Å². The molecule has 0 amide bonds.